The fourth-order valence-corrected chi connectivity index (χ4v) is 7.73. The van der Waals surface area contributed by atoms with E-state index in [4.69, 9.17) is 0 Å². The quantitative estimate of drug-likeness (QED) is 0.0619. The van der Waals surface area contributed by atoms with Gasteiger partial charge >= 0.3 is 0 Å². The Hall–Kier alpha value is -9.65. The third kappa shape index (κ3) is 18.2. The topological polar surface area (TPSA) is 186 Å². The van der Waals surface area contributed by atoms with Gasteiger partial charge in [-0.2, -0.15) is 0 Å². The molecule has 10 rings (SSSR count). The molecule has 0 aliphatic rings. The van der Waals surface area contributed by atoms with Gasteiger partial charge < -0.3 is 25.5 Å². The molecule has 0 aliphatic carbocycles. The molecule has 5 N–H and O–H groups in total. The van der Waals surface area contributed by atoms with Gasteiger partial charge in [-0.15, -0.1) is 0 Å². The molecule has 10 heteroatoms. The average molecular weight is 1060 g/mol. The number of ketones is 5. The van der Waals surface area contributed by atoms with Crippen molar-refractivity contribution in [2.75, 3.05) is 0 Å². The predicted molar refractivity (Wildman–Crippen MR) is 311 cm³/mol. The number of aliphatic hydroxyl groups is 5. The minimum atomic E-state index is -1.08. The fraction of sp³-hybridized carbons (Fsp3) is 0.0714. The first kappa shape index (κ1) is 59.6. The summed E-state index contributed by atoms with van der Waals surface area (Å²) in [5.74, 6) is -1.36. The number of carbonyl (C=O) groups is 5. The molecular formula is C70H60O10. The van der Waals surface area contributed by atoms with E-state index >= 15 is 0 Å². The first-order valence-corrected chi connectivity index (χ1v) is 25.6. The van der Waals surface area contributed by atoms with Gasteiger partial charge in [0.25, 0.3) is 0 Å². The highest BCUT2D eigenvalue weighted by Gasteiger charge is 2.22. The summed E-state index contributed by atoms with van der Waals surface area (Å²) in [6.07, 6.45) is -5.40. The summed E-state index contributed by atoms with van der Waals surface area (Å²) in [5.41, 5.74) is 5.74. The molecule has 0 bridgehead atoms. The summed E-state index contributed by atoms with van der Waals surface area (Å²) in [4.78, 5) is 59.5. The van der Waals surface area contributed by atoms with Crippen LogP contribution in [-0.4, -0.2) is 54.4 Å². The van der Waals surface area contributed by atoms with Crippen LogP contribution in [0.1, 0.15) is 110 Å². The number of Topliss-reactive ketones (excluding diaryl/α,β-unsaturated/α-hetero) is 5. The minimum absolute atomic E-state index is 0.271. The van der Waals surface area contributed by atoms with Crippen LogP contribution in [0.2, 0.25) is 0 Å². The summed E-state index contributed by atoms with van der Waals surface area (Å²) in [5, 5.41) is 49.5. The van der Waals surface area contributed by atoms with Crippen LogP contribution in [0.4, 0.5) is 0 Å². The van der Waals surface area contributed by atoms with Gasteiger partial charge in [-0.05, 0) is 27.8 Å². The number of hydrogen-bond donors (Lipinski definition) is 5. The van der Waals surface area contributed by atoms with Crippen molar-refractivity contribution >= 4 is 28.9 Å². The summed E-state index contributed by atoms with van der Waals surface area (Å²) in [7, 11) is 0. The average Bonchev–Trinajstić information content (AvgIpc) is 3.55. The third-order valence-electron chi connectivity index (χ3n) is 12.1. The molecule has 0 heterocycles. The van der Waals surface area contributed by atoms with E-state index in [0.29, 0.717) is 55.6 Å². The molecule has 0 amide bonds. The molecule has 10 aromatic rings. The van der Waals surface area contributed by atoms with E-state index in [0.717, 1.165) is 0 Å². The lowest BCUT2D eigenvalue weighted by atomic mass is 10.0. The van der Waals surface area contributed by atoms with Gasteiger partial charge in [-0.25, -0.2) is 0 Å². The monoisotopic (exact) mass is 1060 g/mol. The summed E-state index contributed by atoms with van der Waals surface area (Å²) in [6.45, 7) is 0. The molecule has 5 atom stereocenters. The molecule has 5 unspecified atom stereocenters. The zero-order valence-corrected chi connectivity index (χ0v) is 43.5. The molecule has 0 radical (unpaired) electrons. The van der Waals surface area contributed by atoms with Crippen LogP contribution in [0.25, 0.3) is 0 Å². The van der Waals surface area contributed by atoms with Crippen molar-refractivity contribution < 1.29 is 49.5 Å². The Labute approximate surface area is 465 Å². The van der Waals surface area contributed by atoms with Crippen LogP contribution >= 0.6 is 0 Å². The smallest absolute Gasteiger partial charge is 0.195 e. The van der Waals surface area contributed by atoms with Gasteiger partial charge in [0.05, 0.1) is 0 Å². The van der Waals surface area contributed by atoms with E-state index in [2.05, 4.69) is 0 Å². The van der Waals surface area contributed by atoms with E-state index < -0.39 is 30.5 Å². The molecule has 0 spiro atoms. The number of rotatable bonds is 15. The van der Waals surface area contributed by atoms with E-state index in [1.54, 1.807) is 243 Å². The van der Waals surface area contributed by atoms with E-state index in [1.807, 2.05) is 60.7 Å². The summed E-state index contributed by atoms with van der Waals surface area (Å²) < 4.78 is 0. The largest absolute Gasteiger partial charge is 0.380 e. The van der Waals surface area contributed by atoms with Gasteiger partial charge in [-0.1, -0.05) is 303 Å². The zero-order chi connectivity index (χ0) is 56.9. The van der Waals surface area contributed by atoms with Crippen LogP contribution in [0.5, 0.6) is 0 Å². The Morgan fingerprint density at radius 3 is 0.388 bits per heavy atom. The molecule has 10 nitrogen and oxygen atoms in total. The van der Waals surface area contributed by atoms with Crippen molar-refractivity contribution in [2.24, 2.45) is 0 Å². The van der Waals surface area contributed by atoms with E-state index in [9.17, 15) is 49.5 Å². The Bertz CT molecular complexity index is 2850. The van der Waals surface area contributed by atoms with Gasteiger partial charge in [0, 0.05) is 27.8 Å². The molecule has 0 fully saturated rings. The first-order valence-electron chi connectivity index (χ1n) is 25.6. The second-order valence-electron chi connectivity index (χ2n) is 17.7. The van der Waals surface area contributed by atoms with E-state index in [-0.39, 0.29) is 28.9 Å². The van der Waals surface area contributed by atoms with Crippen LogP contribution in [0, 0.1) is 0 Å². The highest BCUT2D eigenvalue weighted by Crippen LogP contribution is 2.22. The van der Waals surface area contributed by atoms with Crippen molar-refractivity contribution in [3.05, 3.63) is 359 Å². The number of hydrogen-bond acceptors (Lipinski definition) is 10. The van der Waals surface area contributed by atoms with Crippen LogP contribution in [0.3, 0.4) is 0 Å². The van der Waals surface area contributed by atoms with Crippen molar-refractivity contribution in [3.8, 4) is 0 Å². The van der Waals surface area contributed by atoms with Gasteiger partial charge in [-0.3, -0.25) is 24.0 Å². The van der Waals surface area contributed by atoms with Crippen LogP contribution < -0.4 is 0 Å². The Morgan fingerprint density at radius 2 is 0.275 bits per heavy atom. The second-order valence-corrected chi connectivity index (χ2v) is 17.7. The standard InChI is InChI=1S/5C14H12O2/c5*15-13(11-7-3-1-4-8-11)14(16)12-9-5-2-6-10-12/h5*1-10,13,15H. The number of carbonyl (C=O) groups excluding carboxylic acids is 5. The van der Waals surface area contributed by atoms with Gasteiger partial charge in [0.15, 0.2) is 28.9 Å². The fourth-order valence-electron chi connectivity index (χ4n) is 7.73. The molecule has 0 saturated heterocycles. The number of aliphatic hydroxyl groups excluding tert-OH is 5. The molecule has 0 aromatic heterocycles. The SMILES string of the molecule is O=C(c1ccccc1)C(O)c1ccccc1.O=C(c1ccccc1)C(O)c1ccccc1.O=C(c1ccccc1)C(O)c1ccccc1.O=C(c1ccccc1)C(O)c1ccccc1.O=C(c1ccccc1)C(O)c1ccccc1. The first-order chi connectivity index (χ1) is 38.9. The van der Waals surface area contributed by atoms with Crippen molar-refractivity contribution in [1.82, 2.24) is 0 Å². The lowest BCUT2D eigenvalue weighted by molar-refractivity contribution is 0.0743. The molecule has 0 saturated carbocycles. The maximum absolute atomic E-state index is 11.9. The van der Waals surface area contributed by atoms with Gasteiger partial charge in [0.1, 0.15) is 30.5 Å². The summed E-state index contributed by atoms with van der Waals surface area (Å²) >= 11 is 0. The molecule has 80 heavy (non-hydrogen) atoms. The second kappa shape index (κ2) is 32.2. The Morgan fingerprint density at radius 1 is 0.175 bits per heavy atom. The Kier molecular flexibility index (Phi) is 24.0. The lowest BCUT2D eigenvalue weighted by Gasteiger charge is -2.09. The summed E-state index contributed by atoms with van der Waals surface area (Å²) in [6, 6.07) is 88.7. The lowest BCUT2D eigenvalue weighted by Crippen LogP contribution is -2.11. The van der Waals surface area contributed by atoms with Crippen molar-refractivity contribution in [2.45, 2.75) is 30.5 Å². The van der Waals surface area contributed by atoms with Crippen LogP contribution in [0.15, 0.2) is 303 Å². The highest BCUT2D eigenvalue weighted by atomic mass is 16.3. The molecule has 0 aliphatic heterocycles. The van der Waals surface area contributed by atoms with Crippen molar-refractivity contribution in [3.63, 3.8) is 0 Å². The zero-order valence-electron chi connectivity index (χ0n) is 43.5. The van der Waals surface area contributed by atoms with Crippen LogP contribution in [-0.2, 0) is 0 Å². The number of benzene rings is 10. The van der Waals surface area contributed by atoms with Gasteiger partial charge in [0.2, 0.25) is 0 Å². The highest BCUT2D eigenvalue weighted by molar-refractivity contribution is 6.02. The van der Waals surface area contributed by atoms with Crippen molar-refractivity contribution in [1.29, 1.82) is 0 Å². The normalized spacial score (nSPS) is 12.1. The molecule has 400 valence electrons. The van der Waals surface area contributed by atoms with E-state index in [1.165, 1.54) is 0 Å². The predicted octanol–water partition coefficient (Wildman–Crippen LogP) is 13.0. The Balaban J connectivity index is 0.000000161. The minimum Gasteiger partial charge on any atom is -0.380 e. The molecule has 10 aromatic carbocycles. The third-order valence-corrected chi connectivity index (χ3v) is 12.1. The maximum Gasteiger partial charge on any atom is 0.195 e. The molecular weight excluding hydrogens is 1000 g/mol. The maximum atomic E-state index is 11.9.